The SMILES string of the molecule is CC.CCCCCNCCOCCOCCN.[HH].[HH]. The molecule has 0 aliphatic rings. The second-order valence-electron chi connectivity index (χ2n) is 3.47. The molecule has 0 aromatic carbocycles. The van der Waals surface area contributed by atoms with Crippen LogP contribution in [0.15, 0.2) is 0 Å². The third-order valence-electron chi connectivity index (χ3n) is 2.01. The molecular weight excluding hydrogens is 216 g/mol. The number of nitrogens with two attached hydrogens (primary N) is 1. The summed E-state index contributed by atoms with van der Waals surface area (Å²) in [5.74, 6) is 0. The highest BCUT2D eigenvalue weighted by molar-refractivity contribution is 4.46. The highest BCUT2D eigenvalue weighted by Gasteiger charge is 1.90. The molecule has 0 atom stereocenters. The van der Waals surface area contributed by atoms with Crippen LogP contribution in [0.2, 0.25) is 0 Å². The minimum atomic E-state index is 0. The normalized spacial score (nSPS) is 9.88. The Morgan fingerprint density at radius 2 is 1.59 bits per heavy atom. The first-order valence-electron chi connectivity index (χ1n) is 6.98. The van der Waals surface area contributed by atoms with Crippen LogP contribution in [0.25, 0.3) is 0 Å². The summed E-state index contributed by atoms with van der Waals surface area (Å²) in [6.07, 6.45) is 3.84. The van der Waals surface area contributed by atoms with E-state index in [-0.39, 0.29) is 2.85 Å². The third-order valence-corrected chi connectivity index (χ3v) is 2.01. The van der Waals surface area contributed by atoms with Crippen LogP contribution >= 0.6 is 0 Å². The molecule has 0 saturated heterocycles. The number of rotatable bonds is 12. The number of ether oxygens (including phenoxy) is 2. The second-order valence-corrected chi connectivity index (χ2v) is 3.47. The monoisotopic (exact) mass is 252 g/mol. The van der Waals surface area contributed by atoms with Gasteiger partial charge in [-0.15, -0.1) is 0 Å². The molecular formula is C13H36N2O2. The molecule has 0 saturated carbocycles. The van der Waals surface area contributed by atoms with Crippen molar-refractivity contribution in [1.29, 1.82) is 0 Å². The van der Waals surface area contributed by atoms with Crippen LogP contribution in [0.3, 0.4) is 0 Å². The van der Waals surface area contributed by atoms with Gasteiger partial charge in [0.2, 0.25) is 0 Å². The number of nitrogens with one attached hydrogen (secondary N) is 1. The highest BCUT2D eigenvalue weighted by Crippen LogP contribution is 1.90. The number of unbranched alkanes of at least 4 members (excludes halogenated alkanes) is 2. The Morgan fingerprint density at radius 1 is 0.941 bits per heavy atom. The summed E-state index contributed by atoms with van der Waals surface area (Å²) in [7, 11) is 0. The van der Waals surface area contributed by atoms with Crippen LogP contribution in [-0.2, 0) is 9.47 Å². The van der Waals surface area contributed by atoms with E-state index in [1.807, 2.05) is 13.8 Å². The Bertz CT molecular complexity index is 111. The summed E-state index contributed by atoms with van der Waals surface area (Å²) in [5.41, 5.74) is 5.27. The molecule has 0 radical (unpaired) electrons. The summed E-state index contributed by atoms with van der Waals surface area (Å²) in [4.78, 5) is 0. The average Bonchev–Trinajstić information content (AvgIpc) is 2.38. The Morgan fingerprint density at radius 3 is 2.18 bits per heavy atom. The first-order valence-corrected chi connectivity index (χ1v) is 6.98. The molecule has 0 unspecified atom stereocenters. The molecule has 17 heavy (non-hydrogen) atoms. The van der Waals surface area contributed by atoms with Gasteiger partial charge in [-0.2, -0.15) is 0 Å². The molecule has 0 bridgehead atoms. The Kier molecular flexibility index (Phi) is 23.9. The van der Waals surface area contributed by atoms with E-state index in [9.17, 15) is 0 Å². The molecule has 4 heteroatoms. The van der Waals surface area contributed by atoms with E-state index in [2.05, 4.69) is 12.2 Å². The van der Waals surface area contributed by atoms with E-state index in [1.165, 1.54) is 19.3 Å². The lowest BCUT2D eigenvalue weighted by Crippen LogP contribution is -2.22. The average molecular weight is 252 g/mol. The maximum Gasteiger partial charge on any atom is 0.0701 e. The number of hydrogen-bond acceptors (Lipinski definition) is 4. The van der Waals surface area contributed by atoms with E-state index >= 15 is 0 Å². The molecule has 0 fully saturated rings. The second kappa shape index (κ2) is 21.2. The van der Waals surface area contributed by atoms with Gasteiger partial charge in [-0.25, -0.2) is 0 Å². The molecule has 0 rings (SSSR count). The molecule has 0 amide bonds. The predicted octanol–water partition coefficient (Wildman–Crippen LogP) is 2.28. The summed E-state index contributed by atoms with van der Waals surface area (Å²) in [6, 6.07) is 0. The highest BCUT2D eigenvalue weighted by atomic mass is 16.5. The summed E-state index contributed by atoms with van der Waals surface area (Å²) in [6.45, 7) is 11.5. The van der Waals surface area contributed by atoms with Crippen LogP contribution < -0.4 is 11.1 Å². The Labute approximate surface area is 110 Å². The van der Waals surface area contributed by atoms with Crippen molar-refractivity contribution in [2.24, 2.45) is 5.73 Å². The van der Waals surface area contributed by atoms with Gasteiger partial charge in [0.05, 0.1) is 26.4 Å². The van der Waals surface area contributed by atoms with E-state index in [4.69, 9.17) is 15.2 Å². The fourth-order valence-electron chi connectivity index (χ4n) is 1.17. The Hall–Kier alpha value is -0.160. The van der Waals surface area contributed by atoms with Crippen molar-refractivity contribution in [3.8, 4) is 0 Å². The fourth-order valence-corrected chi connectivity index (χ4v) is 1.17. The minimum absolute atomic E-state index is 0. The van der Waals surface area contributed by atoms with Crippen molar-refractivity contribution in [3.05, 3.63) is 0 Å². The van der Waals surface area contributed by atoms with E-state index < -0.39 is 0 Å². The Balaban J connectivity index is -0.000000267. The van der Waals surface area contributed by atoms with Gasteiger partial charge in [-0.3, -0.25) is 0 Å². The zero-order valence-electron chi connectivity index (χ0n) is 12.0. The van der Waals surface area contributed by atoms with Gasteiger partial charge in [0.25, 0.3) is 0 Å². The van der Waals surface area contributed by atoms with Gasteiger partial charge in [0.15, 0.2) is 0 Å². The molecule has 0 aliphatic heterocycles. The largest absolute Gasteiger partial charge is 0.378 e. The topological polar surface area (TPSA) is 56.5 Å². The molecule has 4 nitrogen and oxygen atoms in total. The third kappa shape index (κ3) is 21.6. The zero-order valence-corrected chi connectivity index (χ0v) is 12.0. The summed E-state index contributed by atoms with van der Waals surface area (Å²) >= 11 is 0. The van der Waals surface area contributed by atoms with Crippen molar-refractivity contribution in [3.63, 3.8) is 0 Å². The standard InChI is InChI=1S/C11H26N2O2.C2H6.2H2/c1-2-3-4-6-13-7-9-15-11-10-14-8-5-12;1-2;;/h13H,2-12H2,1H3;1-2H3;2*1H. The van der Waals surface area contributed by atoms with Gasteiger partial charge in [-0.05, 0) is 13.0 Å². The van der Waals surface area contributed by atoms with Crippen molar-refractivity contribution in [1.82, 2.24) is 5.32 Å². The predicted molar refractivity (Wildman–Crippen MR) is 78.7 cm³/mol. The van der Waals surface area contributed by atoms with Crippen molar-refractivity contribution in [2.45, 2.75) is 40.0 Å². The van der Waals surface area contributed by atoms with Gasteiger partial charge in [0, 0.05) is 15.9 Å². The van der Waals surface area contributed by atoms with Crippen molar-refractivity contribution < 1.29 is 12.3 Å². The van der Waals surface area contributed by atoms with Crippen molar-refractivity contribution >= 4 is 0 Å². The molecule has 0 aromatic rings. The first kappa shape index (κ1) is 19.2. The van der Waals surface area contributed by atoms with Crippen LogP contribution in [0.5, 0.6) is 0 Å². The summed E-state index contributed by atoms with van der Waals surface area (Å²) < 4.78 is 10.5. The van der Waals surface area contributed by atoms with Crippen LogP contribution in [0, 0.1) is 0 Å². The van der Waals surface area contributed by atoms with Crippen LogP contribution in [-0.4, -0.2) is 46.1 Å². The molecule has 0 aliphatic carbocycles. The molecule has 0 aromatic heterocycles. The molecule has 110 valence electrons. The van der Waals surface area contributed by atoms with E-state index in [0.29, 0.717) is 26.4 Å². The molecule has 0 heterocycles. The van der Waals surface area contributed by atoms with Crippen LogP contribution in [0.4, 0.5) is 0 Å². The van der Waals surface area contributed by atoms with Crippen molar-refractivity contribution in [2.75, 3.05) is 46.1 Å². The van der Waals surface area contributed by atoms with E-state index in [0.717, 1.165) is 19.7 Å². The molecule has 3 N–H and O–H groups in total. The quantitative estimate of drug-likeness (QED) is 0.523. The van der Waals surface area contributed by atoms with Crippen LogP contribution in [0.1, 0.15) is 42.9 Å². The maximum absolute atomic E-state index is 5.36. The zero-order chi connectivity index (χ0) is 13.2. The molecule has 0 spiro atoms. The minimum Gasteiger partial charge on any atom is -0.378 e. The fraction of sp³-hybridized carbons (Fsp3) is 1.00. The van der Waals surface area contributed by atoms with Gasteiger partial charge in [0.1, 0.15) is 0 Å². The first-order chi connectivity index (χ1) is 8.41. The van der Waals surface area contributed by atoms with Gasteiger partial charge < -0.3 is 20.5 Å². The maximum atomic E-state index is 5.36. The summed E-state index contributed by atoms with van der Waals surface area (Å²) in [5, 5.41) is 3.34. The lowest BCUT2D eigenvalue weighted by atomic mass is 10.2. The lowest BCUT2D eigenvalue weighted by molar-refractivity contribution is 0.0519. The number of hydrogen-bond donors (Lipinski definition) is 2. The van der Waals surface area contributed by atoms with Gasteiger partial charge >= 0.3 is 0 Å². The smallest absolute Gasteiger partial charge is 0.0701 e. The lowest BCUT2D eigenvalue weighted by Gasteiger charge is -2.06. The van der Waals surface area contributed by atoms with E-state index in [1.54, 1.807) is 0 Å². The van der Waals surface area contributed by atoms with Gasteiger partial charge in [-0.1, -0.05) is 33.6 Å².